The summed E-state index contributed by atoms with van der Waals surface area (Å²) in [7, 11) is 0. The van der Waals surface area contributed by atoms with Crippen molar-refractivity contribution >= 4 is 11.6 Å². The van der Waals surface area contributed by atoms with Gasteiger partial charge in [0.15, 0.2) is 11.6 Å². The van der Waals surface area contributed by atoms with E-state index in [2.05, 4.69) is 0 Å². The van der Waals surface area contributed by atoms with Crippen LogP contribution in [0.1, 0.15) is 52.9 Å². The van der Waals surface area contributed by atoms with E-state index in [1.807, 2.05) is 19.9 Å². The molecule has 0 fully saturated rings. The molecule has 0 heterocycles. The highest BCUT2D eigenvalue weighted by Gasteiger charge is 2.18. The number of carbonyl (C=O) groups is 2. The molecule has 3 nitrogen and oxygen atoms in total. The monoisotopic (exact) mass is 226 g/mol. The van der Waals surface area contributed by atoms with E-state index in [1.54, 1.807) is 6.92 Å². The molecule has 1 N–H and O–H groups in total. The fraction of sp³-hybridized carbons (Fsp3) is 0.692. The Morgan fingerprint density at radius 2 is 1.81 bits per heavy atom. The third kappa shape index (κ3) is 5.21. The van der Waals surface area contributed by atoms with Crippen LogP contribution in [0.4, 0.5) is 0 Å². The Labute approximate surface area is 97.5 Å². The second kappa shape index (κ2) is 8.22. The molecule has 0 spiro atoms. The number of ketones is 2. The Kier molecular flexibility index (Phi) is 7.73. The summed E-state index contributed by atoms with van der Waals surface area (Å²) >= 11 is 0. The average molecular weight is 226 g/mol. The highest BCUT2D eigenvalue weighted by molar-refractivity contribution is 5.98. The molecule has 0 amide bonds. The van der Waals surface area contributed by atoms with Crippen LogP contribution in [0.3, 0.4) is 0 Å². The summed E-state index contributed by atoms with van der Waals surface area (Å²) in [5.74, 6) is -0.371. The van der Waals surface area contributed by atoms with Crippen molar-refractivity contribution < 1.29 is 14.7 Å². The van der Waals surface area contributed by atoms with Crippen molar-refractivity contribution in [1.29, 1.82) is 0 Å². The first-order chi connectivity index (χ1) is 7.56. The van der Waals surface area contributed by atoms with Crippen LogP contribution in [0, 0.1) is 0 Å². The minimum Gasteiger partial charge on any atom is -0.385 e. The smallest absolute Gasteiger partial charge is 0.161 e. The molecular weight excluding hydrogens is 204 g/mol. The Morgan fingerprint density at radius 1 is 1.19 bits per heavy atom. The lowest BCUT2D eigenvalue weighted by Crippen LogP contribution is -2.23. The van der Waals surface area contributed by atoms with Gasteiger partial charge >= 0.3 is 0 Å². The van der Waals surface area contributed by atoms with Gasteiger partial charge in [0.2, 0.25) is 0 Å². The van der Waals surface area contributed by atoms with Crippen LogP contribution >= 0.6 is 0 Å². The van der Waals surface area contributed by atoms with Gasteiger partial charge in [-0.25, -0.2) is 0 Å². The number of hydrogen-bond acceptors (Lipinski definition) is 3. The molecule has 0 aromatic heterocycles. The largest absolute Gasteiger partial charge is 0.385 e. The molecular formula is C13H22O3. The molecule has 3 heteroatoms. The molecule has 92 valence electrons. The van der Waals surface area contributed by atoms with Crippen molar-refractivity contribution in [3.05, 3.63) is 11.6 Å². The van der Waals surface area contributed by atoms with Gasteiger partial charge in [-0.15, -0.1) is 0 Å². The Bertz CT molecular complexity index is 266. The van der Waals surface area contributed by atoms with Crippen LogP contribution in [-0.4, -0.2) is 22.8 Å². The van der Waals surface area contributed by atoms with Gasteiger partial charge in [0.25, 0.3) is 0 Å². The van der Waals surface area contributed by atoms with E-state index in [4.69, 9.17) is 0 Å². The van der Waals surface area contributed by atoms with E-state index in [1.165, 1.54) is 0 Å². The lowest BCUT2D eigenvalue weighted by atomic mass is 9.99. The van der Waals surface area contributed by atoms with Crippen LogP contribution < -0.4 is 0 Å². The first-order valence-corrected chi connectivity index (χ1v) is 5.99. The summed E-state index contributed by atoms with van der Waals surface area (Å²) in [5, 5.41) is 9.46. The number of aliphatic hydroxyl groups excluding tert-OH is 1. The van der Waals surface area contributed by atoms with Gasteiger partial charge in [0.1, 0.15) is 6.10 Å². The Balaban J connectivity index is 4.37. The average Bonchev–Trinajstić information content (AvgIpc) is 2.28. The minimum absolute atomic E-state index is 0.0734. The summed E-state index contributed by atoms with van der Waals surface area (Å²) in [4.78, 5) is 22.9. The van der Waals surface area contributed by atoms with Gasteiger partial charge in [-0.05, 0) is 18.4 Å². The summed E-state index contributed by atoms with van der Waals surface area (Å²) in [6.07, 6.45) is 3.50. The number of carbonyl (C=O) groups excluding carboxylic acids is 2. The molecule has 0 radical (unpaired) electrons. The molecule has 16 heavy (non-hydrogen) atoms. The molecule has 0 aliphatic carbocycles. The van der Waals surface area contributed by atoms with E-state index in [0.29, 0.717) is 6.42 Å². The van der Waals surface area contributed by atoms with Gasteiger partial charge < -0.3 is 5.11 Å². The summed E-state index contributed by atoms with van der Waals surface area (Å²) < 4.78 is 0. The van der Waals surface area contributed by atoms with Crippen molar-refractivity contribution in [2.24, 2.45) is 0 Å². The minimum atomic E-state index is -1.13. The lowest BCUT2D eigenvalue weighted by molar-refractivity contribution is -0.130. The predicted octanol–water partition coefficient (Wildman–Crippen LogP) is 2.42. The van der Waals surface area contributed by atoms with E-state index < -0.39 is 6.10 Å². The zero-order valence-corrected chi connectivity index (χ0v) is 10.5. The molecule has 0 aromatic carbocycles. The van der Waals surface area contributed by atoms with Crippen LogP contribution in [-0.2, 0) is 9.59 Å². The van der Waals surface area contributed by atoms with E-state index >= 15 is 0 Å². The van der Waals surface area contributed by atoms with Gasteiger partial charge in [-0.3, -0.25) is 9.59 Å². The number of hydrogen-bond donors (Lipinski definition) is 1. The fourth-order valence-electron chi connectivity index (χ4n) is 1.43. The molecule has 0 saturated carbocycles. The first kappa shape index (κ1) is 15.0. The fourth-order valence-corrected chi connectivity index (χ4v) is 1.43. The molecule has 0 aliphatic heterocycles. The summed E-state index contributed by atoms with van der Waals surface area (Å²) in [6, 6.07) is 0. The highest BCUT2D eigenvalue weighted by Crippen LogP contribution is 2.10. The molecule has 0 aromatic rings. The molecule has 0 unspecified atom stereocenters. The standard InChI is InChI=1S/C13H22O3/c1-4-7-8-10(5-2)12(15)9-13(16)11(14)6-3/h8,13,16H,4-7,9H2,1-3H3/b10-8+/t13-/m0/s1. The van der Waals surface area contributed by atoms with Crippen molar-refractivity contribution in [3.63, 3.8) is 0 Å². The van der Waals surface area contributed by atoms with Crippen molar-refractivity contribution in [1.82, 2.24) is 0 Å². The SMILES string of the molecule is CCC/C=C(\CC)C(=O)C[C@H](O)C(=O)CC. The van der Waals surface area contributed by atoms with E-state index in [-0.39, 0.29) is 24.4 Å². The van der Waals surface area contributed by atoms with Crippen LogP contribution in [0.15, 0.2) is 11.6 Å². The number of unbranched alkanes of at least 4 members (excludes halogenated alkanes) is 1. The number of aliphatic hydroxyl groups is 1. The summed E-state index contributed by atoms with van der Waals surface area (Å²) in [5.41, 5.74) is 0.727. The number of rotatable bonds is 8. The van der Waals surface area contributed by atoms with Gasteiger partial charge in [-0.2, -0.15) is 0 Å². The van der Waals surface area contributed by atoms with Crippen molar-refractivity contribution in [2.45, 2.75) is 59.0 Å². The Morgan fingerprint density at radius 3 is 2.25 bits per heavy atom. The maximum absolute atomic E-state index is 11.7. The molecule has 0 saturated heterocycles. The zero-order chi connectivity index (χ0) is 12.6. The maximum atomic E-state index is 11.7. The van der Waals surface area contributed by atoms with Gasteiger partial charge in [0.05, 0.1) is 0 Å². The van der Waals surface area contributed by atoms with Gasteiger partial charge in [0, 0.05) is 12.8 Å². The Hall–Kier alpha value is -0.960. The number of Topliss-reactive ketones (excluding diaryl/α,β-unsaturated/α-hetero) is 2. The lowest BCUT2D eigenvalue weighted by Gasteiger charge is -2.08. The zero-order valence-electron chi connectivity index (χ0n) is 10.5. The third-order valence-corrected chi connectivity index (χ3v) is 2.52. The predicted molar refractivity (Wildman–Crippen MR) is 64.2 cm³/mol. The van der Waals surface area contributed by atoms with Gasteiger partial charge in [-0.1, -0.05) is 33.3 Å². The summed E-state index contributed by atoms with van der Waals surface area (Å²) in [6.45, 7) is 5.64. The highest BCUT2D eigenvalue weighted by atomic mass is 16.3. The quantitative estimate of drug-likeness (QED) is 0.647. The normalized spacial score (nSPS) is 13.6. The second-order valence-corrected chi connectivity index (χ2v) is 3.83. The molecule has 0 rings (SSSR count). The maximum Gasteiger partial charge on any atom is 0.161 e. The van der Waals surface area contributed by atoms with Crippen LogP contribution in [0.5, 0.6) is 0 Å². The molecule has 0 bridgehead atoms. The van der Waals surface area contributed by atoms with Crippen LogP contribution in [0.2, 0.25) is 0 Å². The molecule has 1 atom stereocenters. The van der Waals surface area contributed by atoms with E-state index in [0.717, 1.165) is 18.4 Å². The van der Waals surface area contributed by atoms with Crippen molar-refractivity contribution in [2.75, 3.05) is 0 Å². The first-order valence-electron chi connectivity index (χ1n) is 5.99. The van der Waals surface area contributed by atoms with E-state index in [9.17, 15) is 14.7 Å². The third-order valence-electron chi connectivity index (χ3n) is 2.52. The molecule has 0 aliphatic rings. The van der Waals surface area contributed by atoms with Crippen molar-refractivity contribution in [3.8, 4) is 0 Å². The number of allylic oxidation sites excluding steroid dienone is 2. The second-order valence-electron chi connectivity index (χ2n) is 3.83. The van der Waals surface area contributed by atoms with Crippen LogP contribution in [0.25, 0.3) is 0 Å². The topological polar surface area (TPSA) is 54.4 Å².